The van der Waals surface area contributed by atoms with Crippen LogP contribution in [0.15, 0.2) is 5.11 Å². The maximum atomic E-state index is 12.4. The molecule has 19 heavy (non-hydrogen) atoms. The van der Waals surface area contributed by atoms with E-state index in [1.807, 2.05) is 19.6 Å². The standard InChI is InChI=1S/C9H15F3N4O2Si/c1-19(2,3)18-7-5-16(4-6(7)14-15-13)8(17)9(10,11)12/h6-7H,4-5H2,1-3H3/t6-,7-/m0/s1. The van der Waals surface area contributed by atoms with E-state index in [0.29, 0.717) is 4.90 Å². The Labute approximate surface area is 109 Å². The molecule has 0 bridgehead atoms. The third kappa shape index (κ3) is 4.41. The molecule has 1 amide bonds. The number of carbonyl (C=O) groups excluding carboxylic acids is 1. The highest BCUT2D eigenvalue weighted by Crippen LogP contribution is 2.26. The Kier molecular flexibility index (Phi) is 4.49. The normalized spacial score (nSPS) is 24.2. The van der Waals surface area contributed by atoms with Crippen LogP contribution in [0.1, 0.15) is 0 Å². The Morgan fingerprint density at radius 3 is 2.42 bits per heavy atom. The lowest BCUT2D eigenvalue weighted by Crippen LogP contribution is -2.41. The van der Waals surface area contributed by atoms with Gasteiger partial charge in [0.2, 0.25) is 0 Å². The van der Waals surface area contributed by atoms with Crippen LogP contribution in [-0.2, 0) is 9.22 Å². The summed E-state index contributed by atoms with van der Waals surface area (Å²) in [6.45, 7) is 5.14. The smallest absolute Gasteiger partial charge is 0.412 e. The molecule has 0 aromatic rings. The fraction of sp³-hybridized carbons (Fsp3) is 0.889. The van der Waals surface area contributed by atoms with Gasteiger partial charge in [-0.1, -0.05) is 5.11 Å². The Balaban J connectivity index is 2.83. The predicted molar refractivity (Wildman–Crippen MR) is 63.8 cm³/mol. The van der Waals surface area contributed by atoms with Gasteiger partial charge in [-0.15, -0.1) is 0 Å². The number of amides is 1. The third-order valence-electron chi connectivity index (χ3n) is 2.47. The van der Waals surface area contributed by atoms with Crippen LogP contribution in [0.4, 0.5) is 13.2 Å². The zero-order valence-electron chi connectivity index (χ0n) is 10.8. The minimum Gasteiger partial charge on any atom is -0.412 e. The fourth-order valence-electron chi connectivity index (χ4n) is 1.85. The highest BCUT2D eigenvalue weighted by Gasteiger charge is 2.47. The third-order valence-corrected chi connectivity index (χ3v) is 3.48. The Hall–Kier alpha value is -1.25. The monoisotopic (exact) mass is 296 g/mol. The van der Waals surface area contributed by atoms with Gasteiger partial charge in [-0.2, -0.15) is 13.2 Å². The number of hydrogen-bond donors (Lipinski definition) is 0. The van der Waals surface area contributed by atoms with Gasteiger partial charge in [0.15, 0.2) is 8.32 Å². The molecule has 0 saturated carbocycles. The molecule has 10 heteroatoms. The van der Waals surface area contributed by atoms with Gasteiger partial charge in [-0.05, 0) is 25.2 Å². The molecule has 2 atom stereocenters. The van der Waals surface area contributed by atoms with E-state index in [1.54, 1.807) is 0 Å². The summed E-state index contributed by atoms with van der Waals surface area (Å²) in [6.07, 6.45) is -5.59. The zero-order chi connectivity index (χ0) is 14.8. The van der Waals surface area contributed by atoms with E-state index in [1.165, 1.54) is 0 Å². The minimum absolute atomic E-state index is 0.202. The molecule has 0 spiro atoms. The van der Waals surface area contributed by atoms with Crippen molar-refractivity contribution in [3.63, 3.8) is 0 Å². The van der Waals surface area contributed by atoms with Crippen LogP contribution in [0, 0.1) is 0 Å². The lowest BCUT2D eigenvalue weighted by molar-refractivity contribution is -0.184. The van der Waals surface area contributed by atoms with Gasteiger partial charge >= 0.3 is 12.1 Å². The number of rotatable bonds is 3. The van der Waals surface area contributed by atoms with Crippen molar-refractivity contribution in [1.29, 1.82) is 0 Å². The molecule has 1 rings (SSSR count). The molecule has 1 heterocycles. The van der Waals surface area contributed by atoms with E-state index in [9.17, 15) is 18.0 Å². The lowest BCUT2D eigenvalue weighted by atomic mass is 10.2. The Bertz CT molecular complexity index is 403. The second-order valence-corrected chi connectivity index (χ2v) is 9.71. The molecule has 1 saturated heterocycles. The first kappa shape index (κ1) is 15.8. The second kappa shape index (κ2) is 5.39. The summed E-state index contributed by atoms with van der Waals surface area (Å²) in [7, 11) is -2.01. The predicted octanol–water partition coefficient (Wildman–Crippen LogP) is 2.29. The molecule has 0 unspecified atom stereocenters. The van der Waals surface area contributed by atoms with Crippen LogP contribution in [-0.4, -0.2) is 50.5 Å². The van der Waals surface area contributed by atoms with E-state index in [2.05, 4.69) is 10.0 Å². The van der Waals surface area contributed by atoms with Crippen LogP contribution in [0.5, 0.6) is 0 Å². The first-order valence-corrected chi connectivity index (χ1v) is 9.03. The average Bonchev–Trinajstić information content (AvgIpc) is 2.57. The molecular weight excluding hydrogens is 281 g/mol. The molecule has 0 aliphatic carbocycles. The maximum absolute atomic E-state index is 12.4. The molecule has 108 valence electrons. The first-order chi connectivity index (χ1) is 8.54. The van der Waals surface area contributed by atoms with E-state index >= 15 is 0 Å². The lowest BCUT2D eigenvalue weighted by Gasteiger charge is -2.25. The van der Waals surface area contributed by atoms with Crippen LogP contribution < -0.4 is 0 Å². The number of likely N-dealkylation sites (tertiary alicyclic amines) is 1. The van der Waals surface area contributed by atoms with Crippen molar-refractivity contribution in [2.45, 2.75) is 38.0 Å². The number of nitrogens with zero attached hydrogens (tertiary/aromatic N) is 4. The highest BCUT2D eigenvalue weighted by molar-refractivity contribution is 6.69. The largest absolute Gasteiger partial charge is 0.471 e. The SMILES string of the molecule is C[Si](C)(C)O[C@H]1CN(C(=O)C(F)(F)F)C[C@@H]1N=[N+]=[N-]. The molecule has 0 aromatic heterocycles. The number of azide groups is 1. The topological polar surface area (TPSA) is 78.3 Å². The Morgan fingerprint density at radius 1 is 1.42 bits per heavy atom. The number of alkyl halides is 3. The molecule has 1 aliphatic heterocycles. The average molecular weight is 296 g/mol. The summed E-state index contributed by atoms with van der Waals surface area (Å²) < 4.78 is 42.7. The zero-order valence-corrected chi connectivity index (χ0v) is 11.8. The summed E-state index contributed by atoms with van der Waals surface area (Å²) >= 11 is 0. The Morgan fingerprint density at radius 2 is 2.00 bits per heavy atom. The van der Waals surface area contributed by atoms with E-state index < -0.39 is 32.5 Å². The second-order valence-electron chi connectivity index (χ2n) is 5.25. The highest BCUT2D eigenvalue weighted by atomic mass is 28.4. The van der Waals surface area contributed by atoms with Gasteiger partial charge in [0.1, 0.15) is 0 Å². The van der Waals surface area contributed by atoms with Gasteiger partial charge in [0.05, 0.1) is 12.1 Å². The maximum Gasteiger partial charge on any atom is 0.471 e. The number of halogens is 3. The summed E-state index contributed by atoms with van der Waals surface area (Å²) in [4.78, 5) is 14.4. The van der Waals surface area contributed by atoms with E-state index in [4.69, 9.17) is 9.96 Å². The van der Waals surface area contributed by atoms with Crippen LogP contribution in [0.2, 0.25) is 19.6 Å². The molecule has 0 radical (unpaired) electrons. The van der Waals surface area contributed by atoms with Crippen molar-refractivity contribution in [1.82, 2.24) is 4.90 Å². The van der Waals surface area contributed by atoms with Crippen LogP contribution in [0.25, 0.3) is 10.4 Å². The first-order valence-electron chi connectivity index (χ1n) is 5.62. The van der Waals surface area contributed by atoms with Crippen molar-refractivity contribution < 1.29 is 22.4 Å². The van der Waals surface area contributed by atoms with Gasteiger partial charge < -0.3 is 9.33 Å². The number of hydrogen-bond acceptors (Lipinski definition) is 3. The molecule has 6 nitrogen and oxygen atoms in total. The molecule has 0 N–H and O–H groups in total. The molecular formula is C9H15F3N4O2Si. The van der Waals surface area contributed by atoms with Gasteiger partial charge in [-0.25, -0.2) is 0 Å². The van der Waals surface area contributed by atoms with Crippen molar-refractivity contribution >= 4 is 14.2 Å². The quantitative estimate of drug-likeness (QED) is 0.347. The minimum atomic E-state index is -4.92. The van der Waals surface area contributed by atoms with E-state index in [0.717, 1.165) is 0 Å². The van der Waals surface area contributed by atoms with Gasteiger partial charge in [-0.3, -0.25) is 4.79 Å². The summed E-state index contributed by atoms with van der Waals surface area (Å²) in [5.41, 5.74) is 8.42. The summed E-state index contributed by atoms with van der Waals surface area (Å²) in [5.74, 6) is -1.92. The number of carbonyl (C=O) groups is 1. The van der Waals surface area contributed by atoms with E-state index in [-0.39, 0.29) is 13.1 Å². The summed E-state index contributed by atoms with van der Waals surface area (Å²) in [6, 6.07) is -0.775. The van der Waals surface area contributed by atoms with Crippen molar-refractivity contribution in [2.75, 3.05) is 13.1 Å². The summed E-state index contributed by atoms with van der Waals surface area (Å²) in [5, 5.41) is 3.42. The molecule has 0 aromatic carbocycles. The van der Waals surface area contributed by atoms with Crippen molar-refractivity contribution in [2.24, 2.45) is 5.11 Å². The molecule has 1 aliphatic rings. The molecule has 1 fully saturated rings. The fourth-order valence-corrected chi connectivity index (χ4v) is 2.99. The van der Waals surface area contributed by atoms with Crippen molar-refractivity contribution in [3.8, 4) is 0 Å². The van der Waals surface area contributed by atoms with Crippen LogP contribution in [0.3, 0.4) is 0 Å². The van der Waals surface area contributed by atoms with Gasteiger partial charge in [0, 0.05) is 18.0 Å². The van der Waals surface area contributed by atoms with Crippen molar-refractivity contribution in [3.05, 3.63) is 10.4 Å². The van der Waals surface area contributed by atoms with Gasteiger partial charge in [0.25, 0.3) is 0 Å². The van der Waals surface area contributed by atoms with Crippen LogP contribution >= 0.6 is 0 Å².